The molecule has 1 aromatic rings. The number of benzene rings is 1. The maximum Gasteiger partial charge on any atom is 0.335 e. The minimum absolute atomic E-state index is 0.0712. The van der Waals surface area contributed by atoms with Crippen molar-refractivity contribution < 1.29 is 14.7 Å². The van der Waals surface area contributed by atoms with E-state index in [4.69, 9.17) is 5.11 Å². The number of aromatic carboxylic acids is 1. The molecular formula is C16H21NO3. The average Bonchev–Trinajstić information content (AvgIpc) is 2.62. The fourth-order valence-electron chi connectivity index (χ4n) is 3.11. The second-order valence-electron chi connectivity index (χ2n) is 6.31. The summed E-state index contributed by atoms with van der Waals surface area (Å²) >= 11 is 0. The van der Waals surface area contributed by atoms with Gasteiger partial charge in [-0.25, -0.2) is 4.79 Å². The van der Waals surface area contributed by atoms with Crippen LogP contribution in [0.4, 0.5) is 0 Å². The van der Waals surface area contributed by atoms with E-state index in [1.165, 1.54) is 6.07 Å². The molecule has 0 aliphatic carbocycles. The van der Waals surface area contributed by atoms with Gasteiger partial charge in [-0.15, -0.1) is 0 Å². The van der Waals surface area contributed by atoms with Crippen LogP contribution in [0.3, 0.4) is 0 Å². The standard InChI is InChI=1S/C16H21NO3/c1-11-9-16(2,3)17(10-11)14(18)8-12-5-4-6-13(7-12)15(19)20/h4-7,11H,8-10H2,1-3H3,(H,19,20). The zero-order valence-corrected chi connectivity index (χ0v) is 12.2. The average molecular weight is 275 g/mol. The van der Waals surface area contributed by atoms with Gasteiger partial charge < -0.3 is 10.0 Å². The Labute approximate surface area is 119 Å². The zero-order chi connectivity index (χ0) is 14.9. The van der Waals surface area contributed by atoms with Crippen molar-refractivity contribution in [2.45, 2.75) is 39.2 Å². The Morgan fingerprint density at radius 3 is 2.65 bits per heavy atom. The molecule has 1 saturated heterocycles. The number of nitrogens with zero attached hydrogens (tertiary/aromatic N) is 1. The highest BCUT2D eigenvalue weighted by Crippen LogP contribution is 2.32. The Kier molecular flexibility index (Phi) is 3.84. The van der Waals surface area contributed by atoms with Crippen molar-refractivity contribution in [1.82, 2.24) is 4.90 Å². The van der Waals surface area contributed by atoms with Gasteiger partial charge >= 0.3 is 5.97 Å². The van der Waals surface area contributed by atoms with Gasteiger partial charge in [0.25, 0.3) is 0 Å². The molecule has 1 N–H and O–H groups in total. The molecule has 0 aromatic heterocycles. The molecule has 0 spiro atoms. The third-order valence-corrected chi connectivity index (χ3v) is 3.90. The van der Waals surface area contributed by atoms with Crippen LogP contribution in [-0.2, 0) is 11.2 Å². The number of likely N-dealkylation sites (tertiary alicyclic amines) is 1. The van der Waals surface area contributed by atoms with Crippen molar-refractivity contribution in [3.8, 4) is 0 Å². The van der Waals surface area contributed by atoms with Crippen molar-refractivity contribution in [2.75, 3.05) is 6.54 Å². The van der Waals surface area contributed by atoms with E-state index in [1.807, 2.05) is 4.90 Å². The van der Waals surface area contributed by atoms with Crippen LogP contribution < -0.4 is 0 Å². The van der Waals surface area contributed by atoms with Gasteiger partial charge in [0.05, 0.1) is 12.0 Å². The fourth-order valence-corrected chi connectivity index (χ4v) is 3.11. The molecule has 1 aromatic carbocycles. The van der Waals surface area contributed by atoms with Gasteiger partial charge in [-0.3, -0.25) is 4.79 Å². The molecule has 1 atom stereocenters. The van der Waals surface area contributed by atoms with Crippen LogP contribution >= 0.6 is 0 Å². The molecule has 1 unspecified atom stereocenters. The Morgan fingerprint density at radius 2 is 2.10 bits per heavy atom. The number of hydrogen-bond donors (Lipinski definition) is 1. The molecule has 1 amide bonds. The Hall–Kier alpha value is -1.84. The van der Waals surface area contributed by atoms with Crippen LogP contribution in [0.2, 0.25) is 0 Å². The molecule has 1 fully saturated rings. The topological polar surface area (TPSA) is 57.6 Å². The fraction of sp³-hybridized carbons (Fsp3) is 0.500. The van der Waals surface area contributed by atoms with E-state index in [2.05, 4.69) is 20.8 Å². The molecule has 20 heavy (non-hydrogen) atoms. The van der Waals surface area contributed by atoms with E-state index < -0.39 is 5.97 Å². The molecule has 4 nitrogen and oxygen atoms in total. The number of carboxylic acid groups (broad SMARTS) is 1. The van der Waals surface area contributed by atoms with E-state index >= 15 is 0 Å². The van der Waals surface area contributed by atoms with E-state index in [9.17, 15) is 9.59 Å². The summed E-state index contributed by atoms with van der Waals surface area (Å²) in [5, 5.41) is 8.98. The van der Waals surface area contributed by atoms with E-state index in [-0.39, 0.29) is 23.4 Å². The summed E-state index contributed by atoms with van der Waals surface area (Å²) in [7, 11) is 0. The summed E-state index contributed by atoms with van der Waals surface area (Å²) in [4.78, 5) is 25.3. The van der Waals surface area contributed by atoms with Gasteiger partial charge in [0.15, 0.2) is 0 Å². The summed E-state index contributed by atoms with van der Waals surface area (Å²) in [6.07, 6.45) is 1.27. The highest BCUT2D eigenvalue weighted by molar-refractivity contribution is 5.88. The molecule has 4 heteroatoms. The third kappa shape index (κ3) is 3.00. The molecule has 0 radical (unpaired) electrons. The number of carboxylic acids is 1. The van der Waals surface area contributed by atoms with Crippen LogP contribution in [0.15, 0.2) is 24.3 Å². The normalized spacial score (nSPS) is 20.9. The van der Waals surface area contributed by atoms with Gasteiger partial charge in [0, 0.05) is 12.1 Å². The van der Waals surface area contributed by atoms with Gasteiger partial charge in [-0.05, 0) is 43.9 Å². The Bertz CT molecular complexity index is 536. The van der Waals surface area contributed by atoms with Gasteiger partial charge in [0.1, 0.15) is 0 Å². The van der Waals surface area contributed by atoms with E-state index in [0.29, 0.717) is 5.92 Å². The molecule has 0 bridgehead atoms. The van der Waals surface area contributed by atoms with Crippen molar-refractivity contribution in [2.24, 2.45) is 5.92 Å². The molecule has 1 aliphatic heterocycles. The van der Waals surface area contributed by atoms with Crippen molar-refractivity contribution >= 4 is 11.9 Å². The summed E-state index contributed by atoms with van der Waals surface area (Å²) in [5.41, 5.74) is 0.871. The minimum Gasteiger partial charge on any atom is -0.478 e. The summed E-state index contributed by atoms with van der Waals surface area (Å²) in [6.45, 7) is 7.11. The number of amides is 1. The second kappa shape index (κ2) is 5.27. The first-order chi connectivity index (χ1) is 9.29. The van der Waals surface area contributed by atoms with Crippen molar-refractivity contribution in [3.05, 3.63) is 35.4 Å². The quantitative estimate of drug-likeness (QED) is 0.922. The first kappa shape index (κ1) is 14.6. The highest BCUT2D eigenvalue weighted by atomic mass is 16.4. The first-order valence-corrected chi connectivity index (χ1v) is 6.92. The lowest BCUT2D eigenvalue weighted by Crippen LogP contribution is -2.43. The monoisotopic (exact) mass is 275 g/mol. The van der Waals surface area contributed by atoms with E-state index in [0.717, 1.165) is 18.5 Å². The van der Waals surface area contributed by atoms with Crippen LogP contribution in [0, 0.1) is 5.92 Å². The van der Waals surface area contributed by atoms with Crippen molar-refractivity contribution in [1.29, 1.82) is 0 Å². The minimum atomic E-state index is -0.963. The lowest BCUT2D eigenvalue weighted by Gasteiger charge is -2.31. The predicted molar refractivity (Wildman–Crippen MR) is 76.7 cm³/mol. The van der Waals surface area contributed by atoms with Gasteiger partial charge in [-0.1, -0.05) is 19.1 Å². The lowest BCUT2D eigenvalue weighted by molar-refractivity contribution is -0.133. The third-order valence-electron chi connectivity index (χ3n) is 3.90. The largest absolute Gasteiger partial charge is 0.478 e. The number of carbonyl (C=O) groups is 2. The van der Waals surface area contributed by atoms with Crippen LogP contribution in [0.1, 0.15) is 43.1 Å². The molecule has 2 rings (SSSR count). The molecule has 1 aliphatic rings. The smallest absolute Gasteiger partial charge is 0.335 e. The van der Waals surface area contributed by atoms with Gasteiger partial charge in [0.2, 0.25) is 5.91 Å². The number of rotatable bonds is 3. The summed E-state index contributed by atoms with van der Waals surface area (Å²) in [6, 6.07) is 6.60. The summed E-state index contributed by atoms with van der Waals surface area (Å²) in [5.74, 6) is -0.379. The maximum atomic E-state index is 12.4. The number of hydrogen-bond acceptors (Lipinski definition) is 2. The second-order valence-corrected chi connectivity index (χ2v) is 6.31. The van der Waals surface area contributed by atoms with Crippen molar-refractivity contribution in [3.63, 3.8) is 0 Å². The Morgan fingerprint density at radius 1 is 1.40 bits per heavy atom. The molecular weight excluding hydrogens is 254 g/mol. The molecule has 1 heterocycles. The highest BCUT2D eigenvalue weighted by Gasteiger charge is 2.38. The lowest BCUT2D eigenvalue weighted by atomic mass is 9.97. The Balaban J connectivity index is 2.12. The molecule has 108 valence electrons. The van der Waals surface area contributed by atoms with Gasteiger partial charge in [-0.2, -0.15) is 0 Å². The SMILES string of the molecule is CC1CN(C(=O)Cc2cccc(C(=O)O)c2)C(C)(C)C1. The van der Waals surface area contributed by atoms with Crippen LogP contribution in [0.25, 0.3) is 0 Å². The molecule has 0 saturated carbocycles. The first-order valence-electron chi connectivity index (χ1n) is 6.92. The summed E-state index contributed by atoms with van der Waals surface area (Å²) < 4.78 is 0. The van der Waals surface area contributed by atoms with Crippen LogP contribution in [0.5, 0.6) is 0 Å². The number of carbonyl (C=O) groups excluding carboxylic acids is 1. The van der Waals surface area contributed by atoms with E-state index in [1.54, 1.807) is 18.2 Å². The maximum absolute atomic E-state index is 12.4. The zero-order valence-electron chi connectivity index (χ0n) is 12.2. The predicted octanol–water partition coefficient (Wildman–Crippen LogP) is 2.57. The van der Waals surface area contributed by atoms with Crippen LogP contribution in [-0.4, -0.2) is 34.0 Å².